The molecule has 1 aromatic rings. The van der Waals surface area contributed by atoms with Gasteiger partial charge in [-0.15, -0.1) is 0 Å². The lowest BCUT2D eigenvalue weighted by atomic mass is 10.2. The van der Waals surface area contributed by atoms with Gasteiger partial charge in [0, 0.05) is 4.47 Å². The number of rotatable bonds is 1. The van der Waals surface area contributed by atoms with Crippen molar-refractivity contribution in [2.45, 2.75) is 4.95 Å². The van der Waals surface area contributed by atoms with E-state index in [2.05, 4.69) is 31.9 Å². The predicted octanol–water partition coefficient (Wildman–Crippen LogP) is 2.80. The van der Waals surface area contributed by atoms with Crippen molar-refractivity contribution in [1.29, 1.82) is 0 Å². The van der Waals surface area contributed by atoms with Crippen molar-refractivity contribution in [3.63, 3.8) is 0 Å². The number of hydrogen-bond acceptors (Lipinski definition) is 1. The fourth-order valence-corrected chi connectivity index (χ4v) is 1.38. The summed E-state index contributed by atoms with van der Waals surface area (Å²) >= 11 is 6.63. The number of hydrogen-bond donors (Lipinski definition) is 1. The summed E-state index contributed by atoms with van der Waals surface area (Å²) in [5.41, 5.74) is 6.66. The molecule has 0 aliphatic carbocycles. The summed E-state index contributed by atoms with van der Waals surface area (Å²) in [7, 11) is 0. The first-order valence-electron chi connectivity index (χ1n) is 2.85. The van der Waals surface area contributed by atoms with Gasteiger partial charge in [-0.3, -0.25) is 0 Å². The van der Waals surface area contributed by atoms with E-state index in [1.165, 1.54) is 0 Å². The van der Waals surface area contributed by atoms with E-state index in [-0.39, 0.29) is 4.95 Å². The van der Waals surface area contributed by atoms with Crippen molar-refractivity contribution in [2.24, 2.45) is 5.73 Å². The molecule has 0 fully saturated rings. The molecule has 0 radical (unpaired) electrons. The van der Waals surface area contributed by atoms with Crippen LogP contribution >= 0.6 is 31.9 Å². The second-order valence-corrected chi connectivity index (χ2v) is 3.86. The fraction of sp³-hybridized carbons (Fsp3) is 0.143. The third-order valence-corrected chi connectivity index (χ3v) is 2.19. The molecular formula is C7H7Br2N. The summed E-state index contributed by atoms with van der Waals surface area (Å²) < 4.78 is 1.06. The average Bonchev–Trinajstić information content (AvgIpc) is 1.88. The van der Waals surface area contributed by atoms with Crippen LogP contribution in [-0.4, -0.2) is 0 Å². The summed E-state index contributed by atoms with van der Waals surface area (Å²) in [5, 5.41) is 0. The summed E-state index contributed by atoms with van der Waals surface area (Å²) in [6.45, 7) is 0. The van der Waals surface area contributed by atoms with E-state index < -0.39 is 0 Å². The summed E-state index contributed by atoms with van der Waals surface area (Å²) in [6, 6.07) is 7.89. The van der Waals surface area contributed by atoms with E-state index in [0.29, 0.717) is 0 Å². The van der Waals surface area contributed by atoms with Crippen molar-refractivity contribution in [3.05, 3.63) is 34.3 Å². The zero-order valence-electron chi connectivity index (χ0n) is 5.22. The number of nitrogens with two attached hydrogens (primary N) is 1. The highest BCUT2D eigenvalue weighted by Crippen LogP contribution is 2.19. The van der Waals surface area contributed by atoms with E-state index in [4.69, 9.17) is 5.73 Å². The maximum atomic E-state index is 5.58. The lowest BCUT2D eigenvalue weighted by molar-refractivity contribution is 1.05. The molecular weight excluding hydrogens is 258 g/mol. The van der Waals surface area contributed by atoms with Crippen molar-refractivity contribution in [3.8, 4) is 0 Å². The highest BCUT2D eigenvalue weighted by molar-refractivity contribution is 9.10. The Balaban J connectivity index is 2.96. The van der Waals surface area contributed by atoms with Crippen molar-refractivity contribution >= 4 is 31.9 Å². The molecule has 1 aromatic carbocycles. The lowest BCUT2D eigenvalue weighted by Gasteiger charge is -2.02. The Kier molecular flexibility index (Phi) is 2.89. The Hall–Kier alpha value is 0.140. The van der Waals surface area contributed by atoms with Crippen LogP contribution in [0.5, 0.6) is 0 Å². The summed E-state index contributed by atoms with van der Waals surface area (Å²) in [6.07, 6.45) is 0. The SMILES string of the molecule is NC(Br)c1cccc(Br)c1. The maximum absolute atomic E-state index is 5.58. The quantitative estimate of drug-likeness (QED) is 0.613. The van der Waals surface area contributed by atoms with Crippen LogP contribution in [0.1, 0.15) is 10.5 Å². The van der Waals surface area contributed by atoms with Gasteiger partial charge in [0.25, 0.3) is 0 Å². The molecule has 0 aliphatic rings. The van der Waals surface area contributed by atoms with E-state index in [1.54, 1.807) is 0 Å². The molecule has 0 saturated heterocycles. The Labute approximate surface area is 76.9 Å². The molecule has 0 spiro atoms. The van der Waals surface area contributed by atoms with E-state index in [0.717, 1.165) is 10.0 Å². The Morgan fingerprint density at radius 1 is 1.40 bits per heavy atom. The molecule has 1 atom stereocenters. The Bertz CT molecular complexity index is 223. The molecule has 10 heavy (non-hydrogen) atoms. The lowest BCUT2D eigenvalue weighted by Crippen LogP contribution is -2.00. The molecule has 0 aliphatic heterocycles. The Morgan fingerprint density at radius 3 is 2.50 bits per heavy atom. The minimum Gasteiger partial charge on any atom is -0.315 e. The molecule has 1 unspecified atom stereocenters. The van der Waals surface area contributed by atoms with Gasteiger partial charge in [0.05, 0.1) is 4.95 Å². The minimum absolute atomic E-state index is 0.0648. The normalized spacial score (nSPS) is 13.1. The molecule has 3 heteroatoms. The van der Waals surface area contributed by atoms with Gasteiger partial charge >= 0.3 is 0 Å². The first-order valence-corrected chi connectivity index (χ1v) is 4.56. The molecule has 1 nitrogen and oxygen atoms in total. The van der Waals surface area contributed by atoms with Crippen LogP contribution in [0.3, 0.4) is 0 Å². The van der Waals surface area contributed by atoms with Gasteiger partial charge in [-0.2, -0.15) is 0 Å². The van der Waals surface area contributed by atoms with Crippen LogP contribution in [0.15, 0.2) is 28.7 Å². The summed E-state index contributed by atoms with van der Waals surface area (Å²) in [4.78, 5) is -0.0648. The van der Waals surface area contributed by atoms with Crippen molar-refractivity contribution in [2.75, 3.05) is 0 Å². The molecule has 0 aromatic heterocycles. The number of benzene rings is 1. The van der Waals surface area contributed by atoms with Gasteiger partial charge in [0.2, 0.25) is 0 Å². The highest BCUT2D eigenvalue weighted by Gasteiger charge is 1.98. The summed E-state index contributed by atoms with van der Waals surface area (Å²) in [5.74, 6) is 0. The molecule has 0 saturated carbocycles. The monoisotopic (exact) mass is 263 g/mol. The molecule has 54 valence electrons. The zero-order valence-corrected chi connectivity index (χ0v) is 8.39. The van der Waals surface area contributed by atoms with Crippen molar-refractivity contribution < 1.29 is 0 Å². The van der Waals surface area contributed by atoms with Crippen LogP contribution in [0.2, 0.25) is 0 Å². The van der Waals surface area contributed by atoms with Crippen molar-refractivity contribution in [1.82, 2.24) is 0 Å². The van der Waals surface area contributed by atoms with Crippen LogP contribution in [0.25, 0.3) is 0 Å². The van der Waals surface area contributed by atoms with Crippen LogP contribution in [0, 0.1) is 0 Å². The van der Waals surface area contributed by atoms with Crippen LogP contribution < -0.4 is 5.73 Å². The first kappa shape index (κ1) is 8.24. The molecule has 0 amide bonds. The second-order valence-electron chi connectivity index (χ2n) is 1.96. The second kappa shape index (κ2) is 3.51. The minimum atomic E-state index is -0.0648. The van der Waals surface area contributed by atoms with E-state index >= 15 is 0 Å². The average molecular weight is 265 g/mol. The maximum Gasteiger partial charge on any atom is 0.0862 e. The van der Waals surface area contributed by atoms with Gasteiger partial charge in [0.15, 0.2) is 0 Å². The van der Waals surface area contributed by atoms with E-state index in [9.17, 15) is 0 Å². The largest absolute Gasteiger partial charge is 0.315 e. The zero-order chi connectivity index (χ0) is 7.56. The highest BCUT2D eigenvalue weighted by atomic mass is 79.9. The molecule has 0 heterocycles. The smallest absolute Gasteiger partial charge is 0.0862 e. The molecule has 0 bridgehead atoms. The van der Waals surface area contributed by atoms with E-state index in [1.807, 2.05) is 24.3 Å². The third-order valence-electron chi connectivity index (χ3n) is 1.17. The standard InChI is InChI=1S/C7H7Br2N/c8-6-3-1-2-5(4-6)7(9)10/h1-4,7H,10H2. The van der Waals surface area contributed by atoms with Gasteiger partial charge in [0.1, 0.15) is 0 Å². The Morgan fingerprint density at radius 2 is 2.10 bits per heavy atom. The number of alkyl halides is 1. The number of halogens is 2. The van der Waals surface area contributed by atoms with Crippen LogP contribution in [-0.2, 0) is 0 Å². The third kappa shape index (κ3) is 2.08. The van der Waals surface area contributed by atoms with Gasteiger partial charge in [-0.25, -0.2) is 0 Å². The van der Waals surface area contributed by atoms with Gasteiger partial charge in [-0.1, -0.05) is 44.0 Å². The van der Waals surface area contributed by atoms with Crippen LogP contribution in [0.4, 0.5) is 0 Å². The van der Waals surface area contributed by atoms with Gasteiger partial charge < -0.3 is 5.73 Å². The molecule has 2 N–H and O–H groups in total. The fourth-order valence-electron chi connectivity index (χ4n) is 0.678. The van der Waals surface area contributed by atoms with Gasteiger partial charge in [-0.05, 0) is 17.7 Å². The topological polar surface area (TPSA) is 26.0 Å². The molecule has 1 rings (SSSR count). The first-order chi connectivity index (χ1) is 4.70. The predicted molar refractivity (Wildman–Crippen MR) is 50.0 cm³/mol.